The third-order valence-corrected chi connectivity index (χ3v) is 1.85. The summed E-state index contributed by atoms with van der Waals surface area (Å²) in [5.74, 6) is -0.218. The Morgan fingerprint density at radius 2 is 2.14 bits per heavy atom. The summed E-state index contributed by atoms with van der Waals surface area (Å²) in [6, 6.07) is 4.65. The van der Waals surface area contributed by atoms with Crippen molar-refractivity contribution >= 4 is 11.0 Å². The Morgan fingerprint density at radius 3 is 2.86 bits per heavy atom. The first-order valence-electron chi connectivity index (χ1n) is 3.92. The molecule has 0 saturated carbocycles. The summed E-state index contributed by atoms with van der Waals surface area (Å²) >= 11 is 0. The quantitative estimate of drug-likeness (QED) is 0.715. The Kier molecular flexibility index (Phi) is 1.85. The predicted octanol–water partition coefficient (Wildman–Crippen LogP) is 0.490. The minimum atomic E-state index is -0.757. The highest BCUT2D eigenvalue weighted by molar-refractivity contribution is 5.76. The molecule has 1 heterocycles. The van der Waals surface area contributed by atoms with Gasteiger partial charge in [-0.2, -0.15) is 0 Å². The Morgan fingerprint density at radius 1 is 1.36 bits per heavy atom. The summed E-state index contributed by atoms with van der Waals surface area (Å²) in [4.78, 5) is 24.1. The normalized spacial score (nSPS) is 10.4. The Bertz CT molecular complexity index is 581. The molecule has 1 N–H and O–H groups in total. The molecule has 1 aromatic carbocycles. The number of aromatic amines is 1. The van der Waals surface area contributed by atoms with Gasteiger partial charge in [0.05, 0.1) is 12.5 Å². The van der Waals surface area contributed by atoms with Crippen LogP contribution in [0, 0.1) is 0 Å². The zero-order valence-electron chi connectivity index (χ0n) is 7.37. The van der Waals surface area contributed by atoms with Crippen molar-refractivity contribution in [1.82, 2.24) is 4.98 Å². The molecular formula is C9H7NO4. The van der Waals surface area contributed by atoms with Crippen LogP contribution < -0.4 is 16.1 Å². The van der Waals surface area contributed by atoms with Gasteiger partial charge in [-0.05, 0) is 18.2 Å². The largest absolute Gasteiger partial charge is 0.497 e. The van der Waals surface area contributed by atoms with E-state index < -0.39 is 11.3 Å². The van der Waals surface area contributed by atoms with E-state index in [0.29, 0.717) is 11.1 Å². The lowest BCUT2D eigenvalue weighted by Crippen LogP contribution is -2.17. The average Bonchev–Trinajstić information content (AvgIpc) is 2.17. The molecule has 1 aromatic heterocycles. The topological polar surface area (TPSA) is 72.3 Å². The van der Waals surface area contributed by atoms with Gasteiger partial charge in [0.15, 0.2) is 0 Å². The van der Waals surface area contributed by atoms with Gasteiger partial charge in [0.1, 0.15) is 11.3 Å². The molecule has 0 atom stereocenters. The monoisotopic (exact) mass is 193 g/mol. The molecule has 72 valence electrons. The molecule has 0 fully saturated rings. The number of hydrogen-bond donors (Lipinski definition) is 1. The first-order valence-corrected chi connectivity index (χ1v) is 3.92. The van der Waals surface area contributed by atoms with E-state index in [1.54, 1.807) is 6.07 Å². The number of H-pyrrole nitrogens is 1. The third-order valence-electron chi connectivity index (χ3n) is 1.85. The molecule has 2 rings (SSSR count). The smallest absolute Gasteiger partial charge is 0.419 e. The van der Waals surface area contributed by atoms with E-state index in [4.69, 9.17) is 9.15 Å². The first kappa shape index (κ1) is 8.55. The molecule has 0 amide bonds. The van der Waals surface area contributed by atoms with E-state index >= 15 is 0 Å². The van der Waals surface area contributed by atoms with Gasteiger partial charge in [0, 0.05) is 0 Å². The molecule has 0 aliphatic rings. The second-order valence-corrected chi connectivity index (χ2v) is 2.71. The van der Waals surface area contributed by atoms with Crippen molar-refractivity contribution in [3.05, 3.63) is 39.1 Å². The van der Waals surface area contributed by atoms with Gasteiger partial charge in [-0.15, -0.1) is 0 Å². The number of fused-ring (bicyclic) bond motifs is 1. The van der Waals surface area contributed by atoms with Gasteiger partial charge in [0.2, 0.25) is 0 Å². The number of aromatic nitrogens is 1. The highest BCUT2D eigenvalue weighted by Crippen LogP contribution is 2.15. The lowest BCUT2D eigenvalue weighted by molar-refractivity contribution is 0.415. The van der Waals surface area contributed by atoms with Crippen LogP contribution in [0.2, 0.25) is 0 Å². The fourth-order valence-electron chi connectivity index (χ4n) is 1.19. The van der Waals surface area contributed by atoms with Crippen LogP contribution in [0.25, 0.3) is 11.0 Å². The number of benzene rings is 1. The maximum absolute atomic E-state index is 11.3. The Balaban J connectivity index is 2.89. The van der Waals surface area contributed by atoms with Crippen molar-refractivity contribution in [2.45, 2.75) is 0 Å². The van der Waals surface area contributed by atoms with Gasteiger partial charge in [-0.25, -0.2) is 4.79 Å². The zero-order valence-corrected chi connectivity index (χ0v) is 7.37. The standard InChI is InChI=1S/C9H7NO4/c1-13-5-2-3-7-6(4-5)8(11)10-9(12)14-7/h2-4H,1H3,(H,10,11,12). The molecule has 5 heteroatoms. The number of ether oxygens (including phenoxy) is 1. The Labute approximate surface area is 77.9 Å². The molecule has 0 unspecified atom stereocenters. The van der Waals surface area contributed by atoms with Crippen LogP contribution >= 0.6 is 0 Å². The van der Waals surface area contributed by atoms with Gasteiger partial charge in [-0.1, -0.05) is 0 Å². The van der Waals surface area contributed by atoms with Crippen LogP contribution in [0.1, 0.15) is 0 Å². The van der Waals surface area contributed by atoms with E-state index in [1.165, 1.54) is 19.2 Å². The summed E-state index contributed by atoms with van der Waals surface area (Å²) in [6.45, 7) is 0. The molecule has 0 radical (unpaired) electrons. The van der Waals surface area contributed by atoms with E-state index in [9.17, 15) is 9.59 Å². The van der Waals surface area contributed by atoms with Crippen LogP contribution in [0.4, 0.5) is 0 Å². The van der Waals surface area contributed by atoms with Crippen LogP contribution in [0.15, 0.2) is 32.2 Å². The SMILES string of the molecule is COc1ccc2oc(=O)[nH]c(=O)c2c1. The molecule has 0 aliphatic carbocycles. The van der Waals surface area contributed by atoms with E-state index in [-0.39, 0.29) is 5.58 Å². The highest BCUT2D eigenvalue weighted by atomic mass is 16.5. The van der Waals surface area contributed by atoms with Crippen molar-refractivity contribution < 1.29 is 9.15 Å². The average molecular weight is 193 g/mol. The summed E-state index contributed by atoms with van der Waals surface area (Å²) in [6.07, 6.45) is 0. The maximum atomic E-state index is 11.3. The van der Waals surface area contributed by atoms with Crippen molar-refractivity contribution in [2.75, 3.05) is 7.11 Å². The molecule has 0 aliphatic heterocycles. The van der Waals surface area contributed by atoms with Crippen LogP contribution in [-0.4, -0.2) is 12.1 Å². The zero-order chi connectivity index (χ0) is 10.1. The van der Waals surface area contributed by atoms with Gasteiger partial charge in [-0.3, -0.25) is 9.78 Å². The van der Waals surface area contributed by atoms with Crippen molar-refractivity contribution in [3.63, 3.8) is 0 Å². The predicted molar refractivity (Wildman–Crippen MR) is 49.7 cm³/mol. The van der Waals surface area contributed by atoms with Crippen molar-refractivity contribution in [1.29, 1.82) is 0 Å². The highest BCUT2D eigenvalue weighted by Gasteiger charge is 2.03. The molecule has 0 saturated heterocycles. The fourth-order valence-corrected chi connectivity index (χ4v) is 1.19. The van der Waals surface area contributed by atoms with Crippen LogP contribution in [-0.2, 0) is 0 Å². The third kappa shape index (κ3) is 1.28. The van der Waals surface area contributed by atoms with Crippen LogP contribution in [0.5, 0.6) is 5.75 Å². The van der Waals surface area contributed by atoms with E-state index in [0.717, 1.165) is 0 Å². The lowest BCUT2D eigenvalue weighted by atomic mass is 10.2. The summed E-state index contributed by atoms with van der Waals surface area (Å²) in [5, 5.41) is 0.295. The number of nitrogens with one attached hydrogen (secondary N) is 1. The van der Waals surface area contributed by atoms with E-state index in [1.807, 2.05) is 4.98 Å². The molecule has 0 spiro atoms. The number of rotatable bonds is 1. The Hall–Kier alpha value is -2.04. The van der Waals surface area contributed by atoms with Crippen LogP contribution in [0.3, 0.4) is 0 Å². The summed E-state index contributed by atoms with van der Waals surface area (Å²) in [7, 11) is 1.49. The molecule has 14 heavy (non-hydrogen) atoms. The molecule has 5 nitrogen and oxygen atoms in total. The first-order chi connectivity index (χ1) is 6.70. The molecular weight excluding hydrogens is 186 g/mol. The van der Waals surface area contributed by atoms with Crippen molar-refractivity contribution in [3.8, 4) is 5.75 Å². The second-order valence-electron chi connectivity index (χ2n) is 2.71. The molecule has 0 bridgehead atoms. The van der Waals surface area contributed by atoms with Gasteiger partial charge >= 0.3 is 5.76 Å². The minimum Gasteiger partial charge on any atom is -0.497 e. The van der Waals surface area contributed by atoms with Crippen molar-refractivity contribution in [2.24, 2.45) is 0 Å². The summed E-state index contributed by atoms with van der Waals surface area (Å²) < 4.78 is 9.71. The van der Waals surface area contributed by atoms with Gasteiger partial charge in [0.25, 0.3) is 5.56 Å². The maximum Gasteiger partial charge on any atom is 0.419 e. The summed E-state index contributed by atoms with van der Waals surface area (Å²) in [5.41, 5.74) is -0.227. The second kappa shape index (κ2) is 3.02. The number of methoxy groups -OCH3 is 1. The number of hydrogen-bond acceptors (Lipinski definition) is 4. The fraction of sp³-hybridized carbons (Fsp3) is 0.111. The molecule has 2 aromatic rings. The van der Waals surface area contributed by atoms with Gasteiger partial charge < -0.3 is 9.15 Å². The minimum absolute atomic E-state index is 0.250. The lowest BCUT2D eigenvalue weighted by Gasteiger charge is -1.99. The van der Waals surface area contributed by atoms with E-state index in [2.05, 4.69) is 0 Å².